The van der Waals surface area contributed by atoms with E-state index in [0.717, 1.165) is 0 Å². The molecule has 1 radical (unpaired) electrons. The topological polar surface area (TPSA) is 0 Å². The van der Waals surface area contributed by atoms with Gasteiger partial charge in [-0.05, 0) is 0 Å². The van der Waals surface area contributed by atoms with Crippen LogP contribution >= 0.6 is 0 Å². The molecule has 0 aromatic heterocycles. The van der Waals surface area contributed by atoms with E-state index in [-0.39, 0.29) is 113 Å². The summed E-state index contributed by atoms with van der Waals surface area (Å²) in [5.41, 5.74) is 0. The van der Waals surface area contributed by atoms with Crippen molar-refractivity contribution < 1.29 is 32.7 Å². The monoisotopic (exact) mass is 250 g/mol. The predicted octanol–water partition coefficient (Wildman–Crippen LogP) is 2.18. The van der Waals surface area contributed by atoms with Crippen LogP contribution in [0.25, 0.3) is 0 Å². The first kappa shape index (κ1) is 51.5. The summed E-state index contributed by atoms with van der Waals surface area (Å²) >= 11 is 0. The molecule has 0 atom stereocenters. The van der Waals surface area contributed by atoms with Crippen LogP contribution in [-0.2, 0) is 32.7 Å². The van der Waals surface area contributed by atoms with Crippen molar-refractivity contribution in [3.8, 4) is 0 Å². The zero-order valence-electron chi connectivity index (χ0n) is 4.28. The molecule has 0 spiro atoms. The normalized spacial score (nSPS) is 0.857. The Morgan fingerprint density at radius 3 is 1.00 bits per heavy atom. The Bertz CT molecular complexity index is 8.04. The van der Waals surface area contributed by atoms with Gasteiger partial charge in [0.1, 0.15) is 0 Å². The van der Waals surface area contributed by atoms with Crippen molar-refractivity contribution in [1.29, 1.82) is 0 Å². The van der Waals surface area contributed by atoms with E-state index in [1.54, 1.807) is 6.92 Å². The Morgan fingerprint density at radius 1 is 1.00 bits per heavy atom. The molecule has 0 amide bonds. The molecular weight excluding hydrogens is 234 g/mol. The van der Waals surface area contributed by atoms with E-state index in [2.05, 4.69) is 6.92 Å². The van der Waals surface area contributed by atoms with E-state index >= 15 is 0 Å². The third-order valence-electron chi connectivity index (χ3n) is 0. The molecule has 39 valence electrons. The fourth-order valence-corrected chi connectivity index (χ4v) is 0. The SMILES string of the molecule is C.C.[CH2-]C.[CH3-].[Rb].[Y+3]. The minimum atomic E-state index is 0. The van der Waals surface area contributed by atoms with Crippen molar-refractivity contribution in [3.63, 3.8) is 0 Å². The van der Waals surface area contributed by atoms with Crippen LogP contribution in [-0.4, -0.2) is 58.2 Å². The fraction of sp³-hybridized carbons (Fsp3) is 0.600. The Labute approximate surface area is 124 Å². The van der Waals surface area contributed by atoms with Gasteiger partial charge >= 0.3 is 32.7 Å². The molecular formula is C5H16RbY+. The maximum atomic E-state index is 3.25. The molecule has 0 fully saturated rings. The van der Waals surface area contributed by atoms with Crippen LogP contribution in [0, 0.1) is 14.4 Å². The van der Waals surface area contributed by atoms with E-state index in [0.29, 0.717) is 0 Å². The maximum absolute atomic E-state index is 3.25. The van der Waals surface area contributed by atoms with Crippen LogP contribution in [0.4, 0.5) is 0 Å². The van der Waals surface area contributed by atoms with Crippen molar-refractivity contribution in [2.24, 2.45) is 0 Å². The smallest absolute Gasteiger partial charge is 0.358 e. The quantitative estimate of drug-likeness (QED) is 0.578. The second-order valence-corrected chi connectivity index (χ2v) is 0. The van der Waals surface area contributed by atoms with Crippen LogP contribution in [0.15, 0.2) is 0 Å². The average Bonchev–Trinajstić information content (AvgIpc) is 1.00. The Balaban J connectivity index is -0.000000000500. The molecule has 0 aliphatic rings. The van der Waals surface area contributed by atoms with Crippen molar-refractivity contribution >= 4 is 58.2 Å². The van der Waals surface area contributed by atoms with Crippen LogP contribution in [0.5, 0.6) is 0 Å². The van der Waals surface area contributed by atoms with E-state index in [4.69, 9.17) is 0 Å². The molecule has 0 saturated carbocycles. The summed E-state index contributed by atoms with van der Waals surface area (Å²) in [4.78, 5) is 0. The largest absolute Gasteiger partial charge is 3.00 e. The molecule has 0 aliphatic carbocycles. The minimum Gasteiger partial charge on any atom is -0.358 e. The van der Waals surface area contributed by atoms with Gasteiger partial charge in [-0.25, -0.2) is 0 Å². The second-order valence-electron chi connectivity index (χ2n) is 0. The molecule has 0 nitrogen and oxygen atoms in total. The van der Waals surface area contributed by atoms with Crippen molar-refractivity contribution in [1.82, 2.24) is 0 Å². The predicted molar refractivity (Wildman–Crippen MR) is 36.7 cm³/mol. The average molecular weight is 251 g/mol. The van der Waals surface area contributed by atoms with Crippen LogP contribution in [0.1, 0.15) is 21.8 Å². The molecule has 0 aliphatic heterocycles. The van der Waals surface area contributed by atoms with Gasteiger partial charge in [0.05, 0.1) is 0 Å². The number of rotatable bonds is 0. The first-order valence-corrected chi connectivity index (χ1v) is 0.707. The van der Waals surface area contributed by atoms with Crippen molar-refractivity contribution in [2.75, 3.05) is 0 Å². The van der Waals surface area contributed by atoms with Crippen molar-refractivity contribution in [2.45, 2.75) is 21.8 Å². The van der Waals surface area contributed by atoms with Gasteiger partial charge < -0.3 is 14.4 Å². The fourth-order valence-electron chi connectivity index (χ4n) is 0. The maximum Gasteiger partial charge on any atom is 3.00 e. The van der Waals surface area contributed by atoms with E-state index in [9.17, 15) is 0 Å². The van der Waals surface area contributed by atoms with Crippen molar-refractivity contribution in [3.05, 3.63) is 14.4 Å². The second kappa shape index (κ2) is 65.9. The summed E-state index contributed by atoms with van der Waals surface area (Å²) in [6.45, 7) is 5.00. The molecule has 0 saturated heterocycles. The Hall–Kier alpha value is 2.91. The van der Waals surface area contributed by atoms with Gasteiger partial charge in [-0.1, -0.05) is 14.9 Å². The molecule has 0 aromatic carbocycles. The summed E-state index contributed by atoms with van der Waals surface area (Å²) in [5.74, 6) is 0. The third-order valence-corrected chi connectivity index (χ3v) is 0. The zero-order chi connectivity index (χ0) is 2.00. The third kappa shape index (κ3) is 50.3. The summed E-state index contributed by atoms with van der Waals surface area (Å²) in [6.07, 6.45) is 0. The first-order valence-electron chi connectivity index (χ1n) is 0.707. The molecule has 7 heavy (non-hydrogen) atoms. The van der Waals surface area contributed by atoms with E-state index < -0.39 is 0 Å². The molecule has 0 aromatic rings. The first-order chi connectivity index (χ1) is 1.00. The van der Waals surface area contributed by atoms with Crippen LogP contribution in [0.2, 0.25) is 0 Å². The summed E-state index contributed by atoms with van der Waals surface area (Å²) < 4.78 is 0. The van der Waals surface area contributed by atoms with Gasteiger partial charge in [-0.2, -0.15) is 6.92 Å². The van der Waals surface area contributed by atoms with Crippen LogP contribution in [0.3, 0.4) is 0 Å². The van der Waals surface area contributed by atoms with E-state index in [1.807, 2.05) is 0 Å². The minimum absolute atomic E-state index is 0. The van der Waals surface area contributed by atoms with E-state index in [1.165, 1.54) is 0 Å². The Kier molecular flexibility index (Phi) is 484. The molecule has 0 N–H and O–H groups in total. The van der Waals surface area contributed by atoms with Gasteiger partial charge in [0, 0.05) is 58.2 Å². The summed E-state index contributed by atoms with van der Waals surface area (Å²) in [6, 6.07) is 0. The number of hydrogen-bond donors (Lipinski definition) is 0. The molecule has 0 heterocycles. The molecule has 2 heteroatoms. The summed E-state index contributed by atoms with van der Waals surface area (Å²) in [5, 5.41) is 0. The Morgan fingerprint density at radius 2 is 1.00 bits per heavy atom. The van der Waals surface area contributed by atoms with Crippen LogP contribution < -0.4 is 0 Å². The number of hydrogen-bond acceptors (Lipinski definition) is 0. The van der Waals surface area contributed by atoms with Gasteiger partial charge in [0.2, 0.25) is 0 Å². The molecule has 0 unspecified atom stereocenters. The molecule has 0 rings (SSSR count). The van der Waals surface area contributed by atoms with Gasteiger partial charge in [-0.15, -0.1) is 0 Å². The van der Waals surface area contributed by atoms with Gasteiger partial charge in [0.15, 0.2) is 0 Å². The van der Waals surface area contributed by atoms with Gasteiger partial charge in [-0.3, -0.25) is 0 Å². The standard InChI is InChI=1S/C2H5.2CH4.CH3.Rb.Y/c1-2;;;;;/h1H2,2H3;2*1H4;1H3;;/q-1;;;-1;;+3. The van der Waals surface area contributed by atoms with Gasteiger partial charge in [0.25, 0.3) is 0 Å². The summed E-state index contributed by atoms with van der Waals surface area (Å²) in [7, 11) is 0. The zero-order valence-corrected chi connectivity index (χ0v) is 12.0. The molecule has 0 bridgehead atoms.